The van der Waals surface area contributed by atoms with Crippen LogP contribution in [0.15, 0.2) is 35.1 Å². The van der Waals surface area contributed by atoms with Crippen molar-refractivity contribution in [2.45, 2.75) is 19.9 Å². The number of hydrogen-bond donors (Lipinski definition) is 2. The van der Waals surface area contributed by atoms with Crippen molar-refractivity contribution in [1.29, 1.82) is 0 Å². The first-order valence-electron chi connectivity index (χ1n) is 6.34. The molecule has 0 aliphatic rings. The highest BCUT2D eigenvalue weighted by Gasteiger charge is 2.15. The third-order valence-corrected chi connectivity index (χ3v) is 3.32. The summed E-state index contributed by atoms with van der Waals surface area (Å²) >= 11 is 3.40. The van der Waals surface area contributed by atoms with Crippen LogP contribution in [0.1, 0.15) is 30.4 Å². The maximum atomic E-state index is 12.3. The van der Waals surface area contributed by atoms with E-state index in [1.807, 2.05) is 42.8 Å². The van der Waals surface area contributed by atoms with Gasteiger partial charge in [-0.25, -0.2) is 4.98 Å². The number of pyridine rings is 1. The number of rotatable bonds is 4. The number of carbonyl (C=O) groups excluding carboxylic acids is 1. The van der Waals surface area contributed by atoms with Crippen molar-refractivity contribution >= 4 is 45.7 Å². The first-order valence-corrected chi connectivity index (χ1v) is 7.13. The van der Waals surface area contributed by atoms with E-state index < -0.39 is 0 Å². The lowest BCUT2D eigenvalue weighted by Crippen LogP contribution is -2.17. The Bertz CT molecular complexity index is 610. The monoisotopic (exact) mass is 372 g/mol. The van der Waals surface area contributed by atoms with Crippen LogP contribution in [0.3, 0.4) is 0 Å². The number of nitrogens with one attached hydrogen (secondary N) is 2. The lowest BCUT2D eigenvalue weighted by Gasteiger charge is -2.12. The number of amides is 1. The number of nitrogens with zero attached hydrogens (tertiary/aromatic N) is 2. The van der Waals surface area contributed by atoms with Crippen molar-refractivity contribution < 1.29 is 4.79 Å². The second kappa shape index (κ2) is 7.47. The zero-order valence-electron chi connectivity index (χ0n) is 12.1. The van der Waals surface area contributed by atoms with Gasteiger partial charge in [-0.3, -0.25) is 4.79 Å². The van der Waals surface area contributed by atoms with Crippen molar-refractivity contribution in [3.63, 3.8) is 0 Å². The largest absolute Gasteiger partial charge is 0.373 e. The van der Waals surface area contributed by atoms with Gasteiger partial charge in [0.15, 0.2) is 0 Å². The van der Waals surface area contributed by atoms with Gasteiger partial charge in [-0.1, -0.05) is 0 Å². The van der Waals surface area contributed by atoms with Gasteiger partial charge in [0, 0.05) is 23.8 Å². The third-order valence-electron chi connectivity index (χ3n) is 2.88. The summed E-state index contributed by atoms with van der Waals surface area (Å²) in [6, 6.07) is 5.65. The quantitative estimate of drug-likeness (QED) is 0.853. The fourth-order valence-electron chi connectivity index (χ4n) is 1.87. The van der Waals surface area contributed by atoms with E-state index in [0.29, 0.717) is 11.4 Å². The van der Waals surface area contributed by atoms with Crippen LogP contribution in [-0.4, -0.2) is 22.5 Å². The van der Waals surface area contributed by atoms with Gasteiger partial charge in [0.05, 0.1) is 11.9 Å². The van der Waals surface area contributed by atoms with Crippen LogP contribution in [0.25, 0.3) is 0 Å². The molecule has 0 atom stereocenters. The molecule has 5 nitrogen and oxygen atoms in total. The van der Waals surface area contributed by atoms with Crippen molar-refractivity contribution in [3.8, 4) is 0 Å². The molecule has 0 aromatic carbocycles. The smallest absolute Gasteiger partial charge is 0.272 e. The summed E-state index contributed by atoms with van der Waals surface area (Å²) in [5.41, 5.74) is 1.28. The number of anilines is 2. The molecule has 0 fully saturated rings. The second-order valence-corrected chi connectivity index (χ2v) is 5.60. The van der Waals surface area contributed by atoms with Crippen LogP contribution in [0.5, 0.6) is 0 Å². The van der Waals surface area contributed by atoms with Crippen LogP contribution in [0.4, 0.5) is 11.5 Å². The SMILES string of the molecule is CNc1ccc(NC(=O)c2cc(Br)cn2C(C)C)cn1.Cl. The van der Waals surface area contributed by atoms with Gasteiger partial charge in [-0.05, 0) is 48.0 Å². The lowest BCUT2D eigenvalue weighted by atomic mass is 10.3. The average molecular weight is 374 g/mol. The molecule has 0 radical (unpaired) electrons. The average Bonchev–Trinajstić information content (AvgIpc) is 2.82. The van der Waals surface area contributed by atoms with Gasteiger partial charge < -0.3 is 15.2 Å². The summed E-state index contributed by atoms with van der Waals surface area (Å²) in [7, 11) is 1.80. The molecular weight excluding hydrogens is 356 g/mol. The standard InChI is InChI=1S/C14H17BrN4O.ClH/c1-9(2)19-8-10(15)6-12(19)14(20)18-11-4-5-13(16-3)17-7-11;/h4-9H,1-3H3,(H,16,17)(H,18,20);1H. The van der Waals surface area contributed by atoms with Gasteiger partial charge in [-0.2, -0.15) is 0 Å². The van der Waals surface area contributed by atoms with E-state index in [-0.39, 0.29) is 24.4 Å². The summed E-state index contributed by atoms with van der Waals surface area (Å²) in [6.45, 7) is 4.07. The molecular formula is C14H18BrClN4O. The number of aromatic nitrogens is 2. The molecule has 0 spiro atoms. The maximum absolute atomic E-state index is 12.3. The molecule has 0 unspecified atom stereocenters. The lowest BCUT2D eigenvalue weighted by molar-refractivity contribution is 0.101. The Hall–Kier alpha value is -1.53. The summed E-state index contributed by atoms with van der Waals surface area (Å²) in [6.07, 6.45) is 3.53. The normalized spacial score (nSPS) is 10.1. The van der Waals surface area contributed by atoms with Gasteiger partial charge >= 0.3 is 0 Å². The molecule has 2 rings (SSSR count). The van der Waals surface area contributed by atoms with Crippen molar-refractivity contribution in [2.24, 2.45) is 0 Å². The number of hydrogen-bond acceptors (Lipinski definition) is 3. The Morgan fingerprint density at radius 1 is 1.38 bits per heavy atom. The molecule has 0 aliphatic carbocycles. The third kappa shape index (κ3) is 4.22. The molecule has 2 aromatic heterocycles. The highest BCUT2D eigenvalue weighted by Crippen LogP contribution is 2.20. The van der Waals surface area contributed by atoms with Crippen LogP contribution in [0.2, 0.25) is 0 Å². The van der Waals surface area contributed by atoms with Crippen LogP contribution in [-0.2, 0) is 0 Å². The molecule has 2 aromatic rings. The molecule has 7 heteroatoms. The first kappa shape index (κ1) is 17.5. The Morgan fingerprint density at radius 2 is 2.10 bits per heavy atom. The minimum atomic E-state index is -0.150. The number of halogens is 2. The van der Waals surface area contributed by atoms with E-state index in [2.05, 4.69) is 31.5 Å². The fourth-order valence-corrected chi connectivity index (χ4v) is 2.30. The zero-order chi connectivity index (χ0) is 14.7. The second-order valence-electron chi connectivity index (χ2n) is 4.68. The van der Waals surface area contributed by atoms with Gasteiger partial charge in [-0.15, -0.1) is 12.4 Å². The Labute approximate surface area is 138 Å². The molecule has 0 aliphatic heterocycles. The van der Waals surface area contributed by atoms with Gasteiger partial charge in [0.2, 0.25) is 0 Å². The molecule has 2 N–H and O–H groups in total. The highest BCUT2D eigenvalue weighted by atomic mass is 79.9. The topological polar surface area (TPSA) is 58.9 Å². The van der Waals surface area contributed by atoms with E-state index in [1.54, 1.807) is 13.2 Å². The first-order chi connectivity index (χ1) is 9.51. The van der Waals surface area contributed by atoms with E-state index in [9.17, 15) is 4.79 Å². The molecule has 114 valence electrons. The predicted octanol–water partition coefficient (Wildman–Crippen LogP) is 3.94. The summed E-state index contributed by atoms with van der Waals surface area (Å²) < 4.78 is 2.81. The molecule has 21 heavy (non-hydrogen) atoms. The van der Waals surface area contributed by atoms with Gasteiger partial charge in [0.25, 0.3) is 5.91 Å². The summed E-state index contributed by atoms with van der Waals surface area (Å²) in [5.74, 6) is 0.611. The van der Waals surface area contributed by atoms with Crippen molar-refractivity contribution in [2.75, 3.05) is 17.7 Å². The van der Waals surface area contributed by atoms with Crippen molar-refractivity contribution in [1.82, 2.24) is 9.55 Å². The molecule has 0 saturated carbocycles. The van der Waals surface area contributed by atoms with E-state index in [4.69, 9.17) is 0 Å². The maximum Gasteiger partial charge on any atom is 0.272 e. The summed E-state index contributed by atoms with van der Waals surface area (Å²) in [4.78, 5) is 16.5. The molecule has 0 bridgehead atoms. The minimum absolute atomic E-state index is 0. The van der Waals surface area contributed by atoms with E-state index in [0.717, 1.165) is 10.3 Å². The van der Waals surface area contributed by atoms with Crippen LogP contribution in [0, 0.1) is 0 Å². The number of carbonyl (C=O) groups is 1. The van der Waals surface area contributed by atoms with E-state index in [1.165, 1.54) is 0 Å². The van der Waals surface area contributed by atoms with E-state index >= 15 is 0 Å². The highest BCUT2D eigenvalue weighted by molar-refractivity contribution is 9.10. The fraction of sp³-hybridized carbons (Fsp3) is 0.286. The Balaban J connectivity index is 0.00000220. The van der Waals surface area contributed by atoms with Crippen LogP contribution >= 0.6 is 28.3 Å². The zero-order valence-corrected chi connectivity index (χ0v) is 14.5. The van der Waals surface area contributed by atoms with Gasteiger partial charge in [0.1, 0.15) is 11.5 Å². The minimum Gasteiger partial charge on any atom is -0.373 e. The molecule has 0 saturated heterocycles. The summed E-state index contributed by atoms with van der Waals surface area (Å²) in [5, 5.41) is 5.78. The molecule has 2 heterocycles. The van der Waals surface area contributed by atoms with Crippen LogP contribution < -0.4 is 10.6 Å². The molecule has 1 amide bonds. The Morgan fingerprint density at radius 3 is 2.62 bits per heavy atom. The predicted molar refractivity (Wildman–Crippen MR) is 91.5 cm³/mol. The Kier molecular flexibility index (Phi) is 6.23. The van der Waals surface area contributed by atoms with Crippen molar-refractivity contribution in [3.05, 3.63) is 40.8 Å².